The maximum atomic E-state index is 13.1. The number of nitrogens with zero attached hydrogens (tertiary/aromatic N) is 16. The molecule has 1 saturated heterocycles. The molecule has 8 aromatic rings. The molecule has 526 valence electrons. The fourth-order valence-electron chi connectivity index (χ4n) is 6.51. The van der Waals surface area contributed by atoms with Gasteiger partial charge < -0.3 is 89.3 Å². The summed E-state index contributed by atoms with van der Waals surface area (Å²) in [6, 6.07) is 0. The average molecular weight is 1370 g/mol. The molecule has 1 aliphatic heterocycles. The lowest BCUT2D eigenvalue weighted by atomic mass is 9.98. The standard InChI is InChI=1S/C20H32N5O8P.C9H13N5O.C8H12N5O4P.C7H9N5O.C3H4O3.2C3H8.2CH4/c1-19(2,3)17(26)30-11-32-34(28,33-12-31-18(27)20(4,5)6)13-29-8-7-25-10-24-14-15(21)22-9-23-16(14)25;1-2-15-4-3-14-6-13-7-8(10)11-5-12-9(7)14;9-7-6-8(11-3-10-7)13(4-12-6)1-2-17-5-18(14,15)16;8-6-5-7(10-3-9-6)12(1-2-13)4-11-5;4-3-5-1-2-6-3;2*1-3-2;;/h9-10H,7-8,11-13H2,1-6H3,(H2,21,22,23);5-6H,2-4H2,1H3,(H2,10,11,12);3-4H,1-2,5H2,(H2,9,10,11)(H2,14,15,16);3-4,13H,1-2H2,(H2,8,9,10);1-2H2;2*3H2,1-2H3;2*1H4. The Hall–Kier alpha value is -8.25. The molecule has 0 aromatic carbocycles. The smallest absolute Gasteiger partial charge is 0.438 e. The van der Waals surface area contributed by atoms with E-state index in [0.717, 1.165) is 12.2 Å². The highest BCUT2D eigenvalue weighted by Crippen LogP contribution is 2.48. The molecule has 1 aliphatic rings. The number of ether oxygens (including phenoxy) is 7. The molecule has 37 nitrogen and oxygen atoms in total. The summed E-state index contributed by atoms with van der Waals surface area (Å²) in [6.45, 7) is 23.6. The summed E-state index contributed by atoms with van der Waals surface area (Å²) >= 11 is 0. The van der Waals surface area contributed by atoms with E-state index in [9.17, 15) is 23.5 Å². The van der Waals surface area contributed by atoms with E-state index in [1.165, 1.54) is 50.8 Å². The molecule has 11 N–H and O–H groups in total. The first-order chi connectivity index (χ1) is 43.6. The summed E-state index contributed by atoms with van der Waals surface area (Å²) in [4.78, 5) is 99.0. The van der Waals surface area contributed by atoms with Gasteiger partial charge in [-0.3, -0.25) is 27.8 Å². The van der Waals surface area contributed by atoms with Crippen molar-refractivity contribution in [3.63, 3.8) is 0 Å². The molecule has 8 aromatic heterocycles. The zero-order valence-electron chi connectivity index (χ0n) is 53.6. The number of imidazole rings is 4. The van der Waals surface area contributed by atoms with Crippen molar-refractivity contribution in [2.75, 3.05) is 95.5 Å². The summed E-state index contributed by atoms with van der Waals surface area (Å²) in [6.07, 6.45) is 12.7. The zero-order valence-corrected chi connectivity index (χ0v) is 55.3. The maximum Gasteiger partial charge on any atom is 0.508 e. The van der Waals surface area contributed by atoms with Crippen LogP contribution in [0.5, 0.6) is 0 Å². The van der Waals surface area contributed by atoms with E-state index in [2.05, 4.69) is 97.0 Å². The van der Waals surface area contributed by atoms with Crippen LogP contribution >= 0.6 is 15.2 Å². The van der Waals surface area contributed by atoms with Crippen molar-refractivity contribution in [2.24, 2.45) is 10.8 Å². The van der Waals surface area contributed by atoms with Crippen LogP contribution in [0.4, 0.5) is 28.1 Å². The molecular formula is C55H94N20O17P2. The minimum atomic E-state index is -4.12. The SMILES string of the molecule is C.C.CC(C)(C)C(=O)OCOP(=O)(COCCn1cnc2c(N)ncnc21)OCOC(=O)C(C)(C)C.CCC.CCC.CCOCCn1cnc2c(N)ncnc21.Nc1ncnc2c1ncn2CCO.Nc1ncnc2c1ncn2CCOCP(=O)(O)O.O=C1OCCO1. The number of esters is 2. The van der Waals surface area contributed by atoms with Crippen molar-refractivity contribution >= 4 is 101 Å². The normalized spacial score (nSPS) is 11.8. The van der Waals surface area contributed by atoms with Crippen LogP contribution in [0.2, 0.25) is 0 Å². The Morgan fingerprint density at radius 2 is 0.809 bits per heavy atom. The lowest BCUT2D eigenvalue weighted by molar-refractivity contribution is -0.162. The van der Waals surface area contributed by atoms with Gasteiger partial charge in [0.25, 0.3) is 0 Å². The second-order valence-corrected chi connectivity index (χ2v) is 24.5. The third kappa shape index (κ3) is 28.9. The number of hydrogen-bond acceptors (Lipinski definition) is 31. The number of nitrogen functional groups attached to an aromatic ring is 4. The number of aromatic nitrogens is 16. The van der Waals surface area contributed by atoms with Gasteiger partial charge >= 0.3 is 33.3 Å². The molecule has 0 bridgehead atoms. The minimum absolute atomic E-state index is 0. The summed E-state index contributed by atoms with van der Waals surface area (Å²) in [5.74, 6) is 0.220. The largest absolute Gasteiger partial charge is 0.508 e. The molecule has 94 heavy (non-hydrogen) atoms. The Bertz CT molecular complexity index is 3560. The lowest BCUT2D eigenvalue weighted by Crippen LogP contribution is -2.25. The Kier molecular flexibility index (Phi) is 37.6. The number of hydrogen-bond donors (Lipinski definition) is 7. The molecule has 0 atom stereocenters. The average Bonchev–Trinajstić information content (AvgIpc) is 1.76. The summed E-state index contributed by atoms with van der Waals surface area (Å²) in [7, 11) is -8.07. The molecule has 1 fully saturated rings. The van der Waals surface area contributed by atoms with Gasteiger partial charge in [-0.25, -0.2) is 64.6 Å². The Morgan fingerprint density at radius 3 is 1.07 bits per heavy atom. The van der Waals surface area contributed by atoms with Gasteiger partial charge in [-0.15, -0.1) is 0 Å². The van der Waals surface area contributed by atoms with Crippen molar-refractivity contribution in [3.05, 3.63) is 50.6 Å². The van der Waals surface area contributed by atoms with E-state index in [0.29, 0.717) is 96.7 Å². The molecule has 0 spiro atoms. The summed E-state index contributed by atoms with van der Waals surface area (Å²) in [5, 5.41) is 8.74. The first-order valence-corrected chi connectivity index (χ1v) is 32.2. The van der Waals surface area contributed by atoms with Crippen LogP contribution in [-0.4, -0.2) is 184 Å². The van der Waals surface area contributed by atoms with Crippen LogP contribution in [0, 0.1) is 10.8 Å². The quantitative estimate of drug-likeness (QED) is 0.0127. The fourth-order valence-corrected chi connectivity index (χ4v) is 7.88. The van der Waals surface area contributed by atoms with Crippen LogP contribution in [0.25, 0.3) is 44.7 Å². The maximum absolute atomic E-state index is 13.1. The molecule has 0 saturated carbocycles. The van der Waals surface area contributed by atoms with Crippen molar-refractivity contribution in [1.82, 2.24) is 78.1 Å². The predicted molar refractivity (Wildman–Crippen MR) is 349 cm³/mol. The van der Waals surface area contributed by atoms with Gasteiger partial charge in [-0.05, 0) is 48.5 Å². The highest BCUT2D eigenvalue weighted by Gasteiger charge is 2.31. The molecule has 0 amide bonds. The Labute approximate surface area is 545 Å². The number of cyclic esters (lactones) is 2. The van der Waals surface area contributed by atoms with Gasteiger partial charge in [0.15, 0.2) is 45.9 Å². The van der Waals surface area contributed by atoms with Crippen molar-refractivity contribution < 1.29 is 80.6 Å². The molecule has 9 rings (SSSR count). The highest BCUT2D eigenvalue weighted by molar-refractivity contribution is 7.53. The van der Waals surface area contributed by atoms with Gasteiger partial charge in [-0.2, -0.15) is 0 Å². The minimum Gasteiger partial charge on any atom is -0.438 e. The van der Waals surface area contributed by atoms with Crippen molar-refractivity contribution in [2.45, 2.75) is 130 Å². The van der Waals surface area contributed by atoms with Crippen LogP contribution in [0.15, 0.2) is 50.6 Å². The van der Waals surface area contributed by atoms with E-state index in [4.69, 9.17) is 70.6 Å². The van der Waals surface area contributed by atoms with Crippen LogP contribution in [0.3, 0.4) is 0 Å². The van der Waals surface area contributed by atoms with Gasteiger partial charge in [0.1, 0.15) is 73.3 Å². The number of aliphatic hydroxyl groups is 1. The lowest BCUT2D eigenvalue weighted by Gasteiger charge is -2.22. The first kappa shape index (κ1) is 83.8. The Balaban J connectivity index is 0.000000621. The molecule has 9 heterocycles. The number of anilines is 4. The molecular weight excluding hydrogens is 1270 g/mol. The number of carbonyl (C=O) groups excluding carboxylic acids is 3. The van der Waals surface area contributed by atoms with E-state index < -0.39 is 70.4 Å². The molecule has 0 aliphatic carbocycles. The van der Waals surface area contributed by atoms with Crippen molar-refractivity contribution in [1.29, 1.82) is 0 Å². The van der Waals surface area contributed by atoms with Gasteiger partial charge in [0, 0.05) is 32.8 Å². The fraction of sp³-hybridized carbons (Fsp3) is 0.582. The Morgan fingerprint density at radius 1 is 0.511 bits per heavy atom. The van der Waals surface area contributed by atoms with E-state index in [1.54, 1.807) is 67.9 Å². The number of fused-ring (bicyclic) bond motifs is 4. The van der Waals surface area contributed by atoms with E-state index in [1.807, 2.05) is 11.5 Å². The molecule has 39 heteroatoms. The molecule has 0 radical (unpaired) electrons. The topological polar surface area (TPSA) is 508 Å². The van der Waals surface area contributed by atoms with E-state index in [-0.39, 0.29) is 46.3 Å². The van der Waals surface area contributed by atoms with Gasteiger partial charge in [0.2, 0.25) is 13.6 Å². The number of rotatable bonds is 22. The molecule has 0 unspecified atom stereocenters. The third-order valence-electron chi connectivity index (χ3n) is 10.8. The van der Waals surface area contributed by atoms with Crippen LogP contribution in [-0.2, 0) is 87.1 Å². The zero-order chi connectivity index (χ0) is 68.5. The summed E-state index contributed by atoms with van der Waals surface area (Å²) < 4.78 is 75.2. The second-order valence-electron chi connectivity index (χ2n) is 21.0. The third-order valence-corrected chi connectivity index (χ3v) is 12.8. The van der Waals surface area contributed by atoms with Gasteiger partial charge in [0.05, 0.1) is 62.6 Å². The van der Waals surface area contributed by atoms with Crippen LogP contribution in [0.1, 0.15) is 104 Å². The van der Waals surface area contributed by atoms with Crippen molar-refractivity contribution in [3.8, 4) is 0 Å². The van der Waals surface area contributed by atoms with Gasteiger partial charge in [-0.1, -0.05) is 55.4 Å². The number of aliphatic hydroxyl groups excluding tert-OH is 1. The first-order valence-electron chi connectivity index (χ1n) is 28.6. The second kappa shape index (κ2) is 42.2. The number of nitrogens with two attached hydrogens (primary N) is 4. The highest BCUT2D eigenvalue weighted by atomic mass is 31.2. The monoisotopic (exact) mass is 1370 g/mol. The van der Waals surface area contributed by atoms with E-state index >= 15 is 0 Å². The number of carbonyl (C=O) groups is 3. The summed E-state index contributed by atoms with van der Waals surface area (Å²) in [5.41, 5.74) is 25.8. The van der Waals surface area contributed by atoms with Crippen LogP contribution < -0.4 is 22.9 Å². The predicted octanol–water partition coefficient (Wildman–Crippen LogP) is 6.37.